The zero-order valence-corrected chi connectivity index (χ0v) is 17.0. The monoisotopic (exact) mass is 409 g/mol. The van der Waals surface area contributed by atoms with Gasteiger partial charge >= 0.3 is 0 Å². The van der Waals surface area contributed by atoms with Gasteiger partial charge in [-0.1, -0.05) is 41.4 Å². The minimum Gasteiger partial charge on any atom is -0.490 e. The van der Waals surface area contributed by atoms with Gasteiger partial charge < -0.3 is 19.5 Å². The molecule has 0 radical (unpaired) electrons. The number of rotatable bonds is 9. The van der Waals surface area contributed by atoms with Crippen molar-refractivity contribution in [3.63, 3.8) is 0 Å². The second kappa shape index (κ2) is 10.2. The maximum atomic E-state index is 6.49. The average Bonchev–Trinajstić information content (AvgIpc) is 3.16. The maximum absolute atomic E-state index is 6.49. The van der Waals surface area contributed by atoms with E-state index >= 15 is 0 Å². The van der Waals surface area contributed by atoms with Crippen molar-refractivity contribution >= 4 is 23.2 Å². The van der Waals surface area contributed by atoms with E-state index in [4.69, 9.17) is 37.4 Å². The van der Waals surface area contributed by atoms with Crippen LogP contribution in [0.5, 0.6) is 11.5 Å². The summed E-state index contributed by atoms with van der Waals surface area (Å²) in [5.74, 6) is 1.19. The third-order valence-electron chi connectivity index (χ3n) is 4.42. The quantitative estimate of drug-likeness (QED) is 0.614. The number of halogens is 2. The van der Waals surface area contributed by atoms with Gasteiger partial charge in [0.25, 0.3) is 0 Å². The Labute approximate surface area is 170 Å². The zero-order valence-electron chi connectivity index (χ0n) is 15.5. The molecule has 27 heavy (non-hydrogen) atoms. The van der Waals surface area contributed by atoms with E-state index in [1.165, 1.54) is 0 Å². The van der Waals surface area contributed by atoms with Crippen LogP contribution in [0.1, 0.15) is 30.9 Å². The SMILES string of the molecule is CCOc1cc(CNC[C@H]2CCCO2)cc(Cl)c1OCc1ccccc1Cl. The van der Waals surface area contributed by atoms with E-state index < -0.39 is 0 Å². The lowest BCUT2D eigenvalue weighted by Crippen LogP contribution is -2.25. The molecule has 2 aromatic carbocycles. The summed E-state index contributed by atoms with van der Waals surface area (Å²) in [6, 6.07) is 11.5. The van der Waals surface area contributed by atoms with Gasteiger partial charge in [0.05, 0.1) is 17.7 Å². The van der Waals surface area contributed by atoms with Crippen LogP contribution >= 0.6 is 23.2 Å². The molecule has 146 valence electrons. The molecule has 6 heteroatoms. The van der Waals surface area contributed by atoms with Gasteiger partial charge in [-0.15, -0.1) is 0 Å². The Morgan fingerprint density at radius 2 is 2.00 bits per heavy atom. The summed E-state index contributed by atoms with van der Waals surface area (Å²) < 4.78 is 17.3. The Morgan fingerprint density at radius 1 is 1.15 bits per heavy atom. The molecule has 0 aromatic heterocycles. The standard InChI is InChI=1S/C21H25Cl2NO3/c1-2-25-20-11-15(12-24-13-17-7-5-9-26-17)10-19(23)21(20)27-14-16-6-3-4-8-18(16)22/h3-4,6,8,10-11,17,24H,2,5,7,9,12-14H2,1H3/t17-/m1/s1. The van der Waals surface area contributed by atoms with E-state index in [1.54, 1.807) is 0 Å². The largest absolute Gasteiger partial charge is 0.490 e. The summed E-state index contributed by atoms with van der Waals surface area (Å²) in [4.78, 5) is 0. The molecule has 2 aromatic rings. The molecule has 3 rings (SSSR count). The number of hydrogen-bond acceptors (Lipinski definition) is 4. The Morgan fingerprint density at radius 3 is 2.74 bits per heavy atom. The van der Waals surface area contributed by atoms with Crippen LogP contribution < -0.4 is 14.8 Å². The van der Waals surface area contributed by atoms with Crippen molar-refractivity contribution in [1.29, 1.82) is 0 Å². The summed E-state index contributed by atoms with van der Waals surface area (Å²) in [7, 11) is 0. The number of benzene rings is 2. The highest BCUT2D eigenvalue weighted by Crippen LogP contribution is 2.37. The molecule has 1 aliphatic heterocycles. The smallest absolute Gasteiger partial charge is 0.180 e. The van der Waals surface area contributed by atoms with Crippen LogP contribution in [0.15, 0.2) is 36.4 Å². The molecular weight excluding hydrogens is 385 g/mol. The fraction of sp³-hybridized carbons (Fsp3) is 0.429. The Balaban J connectivity index is 1.66. The van der Waals surface area contributed by atoms with Gasteiger partial charge in [0.2, 0.25) is 0 Å². The normalized spacial score (nSPS) is 16.5. The van der Waals surface area contributed by atoms with Crippen molar-refractivity contribution < 1.29 is 14.2 Å². The Kier molecular flexibility index (Phi) is 7.65. The lowest BCUT2D eigenvalue weighted by atomic mass is 10.2. The second-order valence-corrected chi connectivity index (χ2v) is 7.30. The number of ether oxygens (including phenoxy) is 3. The first kappa shape index (κ1) is 20.3. The minimum atomic E-state index is 0.310. The van der Waals surface area contributed by atoms with Gasteiger partial charge in [-0.05, 0) is 43.5 Å². The van der Waals surface area contributed by atoms with Crippen molar-refractivity contribution in [3.05, 3.63) is 57.6 Å². The highest BCUT2D eigenvalue weighted by Gasteiger charge is 2.16. The minimum absolute atomic E-state index is 0.310. The fourth-order valence-corrected chi connectivity index (χ4v) is 3.55. The summed E-state index contributed by atoms with van der Waals surface area (Å²) in [5, 5.41) is 4.63. The van der Waals surface area contributed by atoms with Gasteiger partial charge in [-0.25, -0.2) is 0 Å². The molecule has 1 heterocycles. The molecule has 0 spiro atoms. The molecule has 4 nitrogen and oxygen atoms in total. The number of nitrogens with one attached hydrogen (secondary N) is 1. The van der Waals surface area contributed by atoms with Crippen molar-refractivity contribution in [2.45, 2.75) is 39.0 Å². The summed E-state index contributed by atoms with van der Waals surface area (Å²) in [6.45, 7) is 5.21. The van der Waals surface area contributed by atoms with Crippen molar-refractivity contribution in [1.82, 2.24) is 5.32 Å². The van der Waals surface area contributed by atoms with Gasteiger partial charge in [-0.3, -0.25) is 0 Å². The molecule has 1 saturated heterocycles. The van der Waals surface area contributed by atoms with Crippen LogP contribution in [0.4, 0.5) is 0 Å². The van der Waals surface area contributed by atoms with Crippen molar-refractivity contribution in [2.75, 3.05) is 19.8 Å². The summed E-state index contributed by atoms with van der Waals surface area (Å²) >= 11 is 12.7. The zero-order chi connectivity index (χ0) is 19.1. The van der Waals surface area contributed by atoms with E-state index in [0.717, 1.165) is 37.1 Å². The highest BCUT2D eigenvalue weighted by molar-refractivity contribution is 6.32. The highest BCUT2D eigenvalue weighted by atomic mass is 35.5. The van der Waals surface area contributed by atoms with Gasteiger partial charge in [0.15, 0.2) is 11.5 Å². The molecule has 0 bridgehead atoms. The third kappa shape index (κ3) is 5.76. The van der Waals surface area contributed by atoms with E-state index in [1.807, 2.05) is 43.3 Å². The van der Waals surface area contributed by atoms with Crippen molar-refractivity contribution in [3.8, 4) is 11.5 Å². The summed E-state index contributed by atoms with van der Waals surface area (Å²) in [5.41, 5.74) is 1.95. The second-order valence-electron chi connectivity index (χ2n) is 6.48. The van der Waals surface area contributed by atoms with Crippen LogP contribution in [0.2, 0.25) is 10.0 Å². The van der Waals surface area contributed by atoms with E-state index in [9.17, 15) is 0 Å². The number of hydrogen-bond donors (Lipinski definition) is 1. The van der Waals surface area contributed by atoms with Crippen LogP contribution in [0.3, 0.4) is 0 Å². The first-order chi connectivity index (χ1) is 13.2. The van der Waals surface area contributed by atoms with E-state index in [0.29, 0.717) is 47.4 Å². The first-order valence-electron chi connectivity index (χ1n) is 9.31. The van der Waals surface area contributed by atoms with Gasteiger partial charge in [-0.2, -0.15) is 0 Å². The molecule has 0 saturated carbocycles. The van der Waals surface area contributed by atoms with Crippen LogP contribution in [-0.4, -0.2) is 25.9 Å². The molecule has 0 aliphatic carbocycles. The Bertz CT molecular complexity index is 748. The van der Waals surface area contributed by atoms with Crippen molar-refractivity contribution in [2.24, 2.45) is 0 Å². The molecule has 0 unspecified atom stereocenters. The van der Waals surface area contributed by atoms with E-state index in [2.05, 4.69) is 5.32 Å². The summed E-state index contributed by atoms with van der Waals surface area (Å²) in [6.07, 6.45) is 2.57. The molecule has 1 aliphatic rings. The lowest BCUT2D eigenvalue weighted by molar-refractivity contribution is 0.110. The molecule has 0 amide bonds. The topological polar surface area (TPSA) is 39.7 Å². The Hall–Kier alpha value is -1.46. The lowest BCUT2D eigenvalue weighted by Gasteiger charge is -2.16. The van der Waals surface area contributed by atoms with E-state index in [-0.39, 0.29) is 0 Å². The fourth-order valence-electron chi connectivity index (χ4n) is 3.07. The predicted molar refractivity (Wildman–Crippen MR) is 109 cm³/mol. The van der Waals surface area contributed by atoms with Crippen LogP contribution in [-0.2, 0) is 17.9 Å². The molecular formula is C21H25Cl2NO3. The first-order valence-corrected chi connectivity index (χ1v) is 10.1. The maximum Gasteiger partial charge on any atom is 0.180 e. The average molecular weight is 410 g/mol. The van der Waals surface area contributed by atoms with Gasteiger partial charge in [0, 0.05) is 30.3 Å². The van der Waals surface area contributed by atoms with Gasteiger partial charge in [0.1, 0.15) is 6.61 Å². The third-order valence-corrected chi connectivity index (χ3v) is 5.07. The predicted octanol–water partition coefficient (Wildman–Crippen LogP) is 5.24. The molecule has 1 N–H and O–H groups in total. The molecule has 1 atom stereocenters. The molecule has 1 fully saturated rings. The van der Waals surface area contributed by atoms with Crippen LogP contribution in [0.25, 0.3) is 0 Å². The van der Waals surface area contributed by atoms with Crippen LogP contribution in [0, 0.1) is 0 Å².